The SMILES string of the molecule is ON=Cc1cc[n+](C/C=C/C[n+]2ccc(C=NO)cc2)cc1.[Br-].[Br-]. The monoisotopic (exact) mass is 456 g/mol. The smallest absolute Gasteiger partial charge is 0.169 e. The van der Waals surface area contributed by atoms with Crippen molar-refractivity contribution in [2.45, 2.75) is 13.1 Å². The summed E-state index contributed by atoms with van der Waals surface area (Å²) in [6.07, 6.45) is 14.7. The molecule has 2 heterocycles. The van der Waals surface area contributed by atoms with Crippen molar-refractivity contribution in [2.75, 3.05) is 0 Å². The number of pyridine rings is 2. The van der Waals surface area contributed by atoms with Crippen molar-refractivity contribution in [3.05, 3.63) is 72.3 Å². The maximum absolute atomic E-state index is 8.45. The minimum Gasteiger partial charge on any atom is -1.00 e. The van der Waals surface area contributed by atoms with E-state index in [9.17, 15) is 0 Å². The van der Waals surface area contributed by atoms with E-state index in [0.29, 0.717) is 0 Å². The summed E-state index contributed by atoms with van der Waals surface area (Å²) >= 11 is 0. The van der Waals surface area contributed by atoms with Crippen molar-refractivity contribution >= 4 is 12.4 Å². The van der Waals surface area contributed by atoms with Gasteiger partial charge in [0.15, 0.2) is 37.9 Å². The van der Waals surface area contributed by atoms with Gasteiger partial charge in [-0.1, -0.05) is 10.3 Å². The minimum absolute atomic E-state index is 0. The van der Waals surface area contributed by atoms with Gasteiger partial charge in [-0.25, -0.2) is 9.13 Å². The number of hydrogen-bond acceptors (Lipinski definition) is 4. The summed E-state index contributed by atoms with van der Waals surface area (Å²) in [5.41, 5.74) is 1.70. The lowest BCUT2D eigenvalue weighted by Gasteiger charge is -1.94. The quantitative estimate of drug-likeness (QED) is 0.150. The zero-order valence-corrected chi connectivity index (χ0v) is 16.0. The molecule has 0 fully saturated rings. The van der Waals surface area contributed by atoms with Crippen LogP contribution in [0.1, 0.15) is 11.1 Å². The highest BCUT2D eigenvalue weighted by molar-refractivity contribution is 5.78. The second-order valence-electron chi connectivity index (χ2n) is 4.62. The van der Waals surface area contributed by atoms with Crippen molar-refractivity contribution in [1.82, 2.24) is 0 Å². The van der Waals surface area contributed by atoms with Gasteiger partial charge in [-0.05, 0) is 12.2 Å². The third-order valence-corrected chi connectivity index (χ3v) is 3.05. The highest BCUT2D eigenvalue weighted by Gasteiger charge is 1.99. The van der Waals surface area contributed by atoms with E-state index in [1.165, 1.54) is 12.4 Å². The Morgan fingerprint density at radius 3 is 1.33 bits per heavy atom. The second kappa shape index (κ2) is 12.4. The average molecular weight is 458 g/mol. The Morgan fingerprint density at radius 2 is 1.04 bits per heavy atom. The van der Waals surface area contributed by atoms with Crippen LogP contribution in [0, 0.1) is 0 Å². The Kier molecular flexibility index (Phi) is 11.3. The first kappa shape index (κ1) is 21.9. The van der Waals surface area contributed by atoms with Crippen molar-refractivity contribution < 1.29 is 53.5 Å². The molecule has 0 saturated heterocycles. The van der Waals surface area contributed by atoms with Gasteiger partial charge in [-0.2, -0.15) is 0 Å². The Morgan fingerprint density at radius 1 is 0.708 bits per heavy atom. The molecule has 0 aromatic carbocycles. The van der Waals surface area contributed by atoms with Crippen LogP contribution in [0.25, 0.3) is 0 Å². The van der Waals surface area contributed by atoms with Crippen LogP contribution in [0.4, 0.5) is 0 Å². The van der Waals surface area contributed by atoms with E-state index in [0.717, 1.165) is 24.2 Å². The van der Waals surface area contributed by atoms with Crippen LogP contribution in [0.5, 0.6) is 0 Å². The van der Waals surface area contributed by atoms with Crippen molar-refractivity contribution in [3.63, 3.8) is 0 Å². The molecule has 2 aromatic rings. The van der Waals surface area contributed by atoms with Gasteiger partial charge < -0.3 is 44.4 Å². The lowest BCUT2D eigenvalue weighted by Crippen LogP contribution is -3.00. The number of rotatable bonds is 6. The molecule has 0 saturated carbocycles. The van der Waals surface area contributed by atoms with Crippen LogP contribution in [0.2, 0.25) is 0 Å². The van der Waals surface area contributed by atoms with Gasteiger partial charge in [0, 0.05) is 35.4 Å². The molecule has 0 aliphatic rings. The molecule has 0 aliphatic heterocycles. The standard InChI is InChI=1S/C16H16N4O2.2BrH/c21-17-13-15-3-9-19(10-4-15)7-1-2-8-20-11-5-16(6-12-20)14-18-22;;/h1-6,9-14H,7-8H2;2*1H/b2-1+;;. The fourth-order valence-electron chi connectivity index (χ4n) is 1.88. The van der Waals surface area contributed by atoms with Gasteiger partial charge in [-0.3, -0.25) is 0 Å². The van der Waals surface area contributed by atoms with Crippen LogP contribution < -0.4 is 43.1 Å². The molecule has 0 radical (unpaired) electrons. The fourth-order valence-corrected chi connectivity index (χ4v) is 1.88. The molecule has 0 bridgehead atoms. The molecule has 128 valence electrons. The van der Waals surface area contributed by atoms with Crippen molar-refractivity contribution in [1.29, 1.82) is 0 Å². The van der Waals surface area contributed by atoms with E-state index in [2.05, 4.69) is 22.5 Å². The molecule has 2 N–H and O–H groups in total. The molecular formula is C16H18Br2N4O2. The topological polar surface area (TPSA) is 72.9 Å². The van der Waals surface area contributed by atoms with E-state index < -0.39 is 0 Å². The van der Waals surface area contributed by atoms with Crippen LogP contribution in [-0.4, -0.2) is 22.8 Å². The maximum Gasteiger partial charge on any atom is 0.169 e. The van der Waals surface area contributed by atoms with E-state index >= 15 is 0 Å². The van der Waals surface area contributed by atoms with E-state index in [1.54, 1.807) is 0 Å². The minimum atomic E-state index is 0. The molecule has 0 atom stereocenters. The van der Waals surface area contributed by atoms with E-state index in [1.807, 2.05) is 58.2 Å². The summed E-state index contributed by atoms with van der Waals surface area (Å²) in [7, 11) is 0. The van der Waals surface area contributed by atoms with Gasteiger partial charge in [0.05, 0.1) is 12.4 Å². The lowest BCUT2D eigenvalue weighted by atomic mass is 10.3. The summed E-state index contributed by atoms with van der Waals surface area (Å²) < 4.78 is 4.05. The van der Waals surface area contributed by atoms with Gasteiger partial charge in [0.2, 0.25) is 0 Å². The largest absolute Gasteiger partial charge is 1.00 e. The summed E-state index contributed by atoms with van der Waals surface area (Å²) in [4.78, 5) is 0. The Hall–Kier alpha value is -2.06. The molecule has 0 aliphatic carbocycles. The predicted molar refractivity (Wildman–Crippen MR) is 81.2 cm³/mol. The van der Waals surface area contributed by atoms with Gasteiger partial charge in [0.25, 0.3) is 0 Å². The summed E-state index contributed by atoms with van der Waals surface area (Å²) in [5.74, 6) is 0. The zero-order valence-electron chi connectivity index (χ0n) is 12.8. The maximum atomic E-state index is 8.45. The molecule has 0 unspecified atom stereocenters. The van der Waals surface area contributed by atoms with E-state index in [-0.39, 0.29) is 34.0 Å². The van der Waals surface area contributed by atoms with Crippen LogP contribution in [-0.2, 0) is 13.1 Å². The third-order valence-electron chi connectivity index (χ3n) is 3.05. The predicted octanol–water partition coefficient (Wildman–Crippen LogP) is -4.86. The highest BCUT2D eigenvalue weighted by Crippen LogP contribution is 1.91. The van der Waals surface area contributed by atoms with Crippen LogP contribution >= 0.6 is 0 Å². The zero-order chi connectivity index (χ0) is 15.6. The number of nitrogens with zero attached hydrogens (tertiary/aromatic N) is 4. The number of halogens is 2. The Balaban J connectivity index is 0.00000264. The van der Waals surface area contributed by atoms with Crippen LogP contribution in [0.3, 0.4) is 0 Å². The molecule has 24 heavy (non-hydrogen) atoms. The van der Waals surface area contributed by atoms with Gasteiger partial charge in [-0.15, -0.1) is 0 Å². The third kappa shape index (κ3) is 7.47. The Labute approximate surface area is 161 Å². The fraction of sp³-hybridized carbons (Fsp3) is 0.125. The molecule has 2 rings (SSSR count). The summed E-state index contributed by atoms with van der Waals surface area (Å²) in [6.45, 7) is 1.54. The Bertz CT molecular complexity index is 612. The highest BCUT2D eigenvalue weighted by atomic mass is 79.9. The first-order chi connectivity index (χ1) is 10.8. The molecule has 2 aromatic heterocycles. The average Bonchev–Trinajstić information content (AvgIpc) is 2.55. The summed E-state index contributed by atoms with van der Waals surface area (Å²) in [6, 6.07) is 7.51. The number of aromatic nitrogens is 2. The number of allylic oxidation sites excluding steroid dienone is 2. The molecule has 0 amide bonds. The lowest BCUT2D eigenvalue weighted by molar-refractivity contribution is -0.691. The number of hydrogen-bond donors (Lipinski definition) is 2. The molecule has 6 nitrogen and oxygen atoms in total. The second-order valence-corrected chi connectivity index (χ2v) is 4.62. The normalized spacial score (nSPS) is 10.8. The summed E-state index contributed by atoms with van der Waals surface area (Å²) in [5, 5.41) is 22.9. The van der Waals surface area contributed by atoms with Crippen molar-refractivity contribution in [2.24, 2.45) is 10.3 Å². The first-order valence-corrected chi connectivity index (χ1v) is 6.80. The van der Waals surface area contributed by atoms with Crippen molar-refractivity contribution in [3.8, 4) is 0 Å². The number of oxime groups is 2. The molecular weight excluding hydrogens is 440 g/mol. The molecule has 8 heteroatoms. The van der Waals surface area contributed by atoms with E-state index in [4.69, 9.17) is 10.4 Å². The van der Waals surface area contributed by atoms with Gasteiger partial charge >= 0.3 is 0 Å². The van der Waals surface area contributed by atoms with Crippen LogP contribution in [0.15, 0.2) is 71.5 Å². The first-order valence-electron chi connectivity index (χ1n) is 6.80. The molecule has 0 spiro atoms. The van der Waals surface area contributed by atoms with Gasteiger partial charge in [0.1, 0.15) is 0 Å².